The number of aliphatic carboxylic acids is 1. The number of hydrogen-bond acceptors (Lipinski definition) is 5. The van der Waals surface area contributed by atoms with Gasteiger partial charge in [0.2, 0.25) is 5.91 Å². The molecule has 0 heterocycles. The van der Waals surface area contributed by atoms with Crippen LogP contribution in [0.2, 0.25) is 0 Å². The summed E-state index contributed by atoms with van der Waals surface area (Å²) in [5.41, 5.74) is 5.80. The zero-order valence-electron chi connectivity index (χ0n) is 23.7. The van der Waals surface area contributed by atoms with Crippen molar-refractivity contribution in [1.29, 1.82) is 0 Å². The van der Waals surface area contributed by atoms with Gasteiger partial charge >= 0.3 is 12.1 Å². The number of carboxylic acid groups (broad SMARTS) is 1. The van der Waals surface area contributed by atoms with Crippen LogP contribution >= 0.6 is 0 Å². The number of benzene rings is 3. The quantitative estimate of drug-likeness (QED) is 0.330. The van der Waals surface area contributed by atoms with Gasteiger partial charge in [-0.05, 0) is 66.0 Å². The lowest BCUT2D eigenvalue weighted by Crippen LogP contribution is -2.50. The molecule has 218 valence electrons. The highest BCUT2D eigenvalue weighted by molar-refractivity contribution is 5.85. The van der Waals surface area contributed by atoms with Gasteiger partial charge in [-0.15, -0.1) is 0 Å². The highest BCUT2D eigenvalue weighted by Crippen LogP contribution is 2.50. The fraction of sp³-hybridized carbons (Fsp3) is 0.382. The number of carbonyl (C=O) groups is 3. The average Bonchev–Trinajstić information content (AvgIpc) is 3.49. The molecule has 0 bridgehead atoms. The first-order valence-electron chi connectivity index (χ1n) is 14.7. The van der Waals surface area contributed by atoms with Crippen molar-refractivity contribution in [2.24, 2.45) is 17.8 Å². The average molecular weight is 568 g/mol. The number of ether oxygens (including phenoxy) is 1. The van der Waals surface area contributed by atoms with Crippen molar-refractivity contribution in [2.75, 3.05) is 20.2 Å². The number of nitrogens with zero attached hydrogens (tertiary/aromatic N) is 1. The van der Waals surface area contributed by atoms with E-state index in [1.165, 1.54) is 22.3 Å². The molecular weight excluding hydrogens is 530 g/mol. The Hall–Kier alpha value is -4.17. The molecule has 3 aromatic rings. The topological polar surface area (TPSA) is 108 Å². The Kier molecular flexibility index (Phi) is 7.98. The number of hydrogen-bond donors (Lipinski definition) is 3. The van der Waals surface area contributed by atoms with E-state index >= 15 is 0 Å². The summed E-state index contributed by atoms with van der Waals surface area (Å²) in [6.07, 6.45) is 1.73. The number of carboxylic acids is 1. The molecule has 2 saturated carbocycles. The lowest BCUT2D eigenvalue weighted by Gasteiger charge is -2.40. The molecule has 3 aromatic carbocycles. The molecule has 8 nitrogen and oxygen atoms in total. The third-order valence-corrected chi connectivity index (χ3v) is 9.24. The molecule has 0 aliphatic heterocycles. The number of alkyl carbamates (subject to hydrolysis) is 1. The number of likely N-dealkylation sites (N-methyl/N-ethyl adjacent to an activating group) is 1. The van der Waals surface area contributed by atoms with E-state index in [4.69, 9.17) is 4.74 Å². The number of carbonyl (C=O) groups excluding carboxylic acids is 2. The Morgan fingerprint density at radius 1 is 0.905 bits per heavy atom. The van der Waals surface area contributed by atoms with E-state index in [-0.39, 0.29) is 42.9 Å². The third kappa shape index (κ3) is 5.77. The molecule has 2 amide bonds. The number of nitrogens with one attached hydrogen (secondary N) is 2. The molecule has 6 rings (SSSR count). The highest BCUT2D eigenvalue weighted by atomic mass is 16.5. The third-order valence-electron chi connectivity index (χ3n) is 9.24. The van der Waals surface area contributed by atoms with Crippen LogP contribution in [0.1, 0.15) is 41.9 Å². The first-order valence-corrected chi connectivity index (χ1v) is 14.7. The second kappa shape index (κ2) is 12.0. The van der Waals surface area contributed by atoms with Crippen LogP contribution in [0.5, 0.6) is 0 Å². The summed E-state index contributed by atoms with van der Waals surface area (Å²) in [6.45, 7) is 1.07. The van der Waals surface area contributed by atoms with Crippen LogP contribution in [-0.2, 0) is 20.9 Å². The summed E-state index contributed by atoms with van der Waals surface area (Å²) in [5.74, 6) is -0.959. The van der Waals surface area contributed by atoms with Crippen molar-refractivity contribution in [3.63, 3.8) is 0 Å². The van der Waals surface area contributed by atoms with Crippen molar-refractivity contribution < 1.29 is 24.2 Å². The Balaban J connectivity index is 0.981. The SMILES string of the molecule is CN(Cc1ccccc1)CC(NC(=O)C1C[C@H]2C[C@@H](NC(=O)OCC3c4ccccc4-c4ccccc43)[C@H]2C1)C(=O)O. The maximum atomic E-state index is 13.1. The minimum atomic E-state index is -1.04. The zero-order chi connectivity index (χ0) is 29.2. The maximum Gasteiger partial charge on any atom is 0.407 e. The van der Waals surface area contributed by atoms with E-state index in [0.29, 0.717) is 25.3 Å². The first kappa shape index (κ1) is 28.0. The molecule has 2 unspecified atom stereocenters. The monoisotopic (exact) mass is 567 g/mol. The Labute approximate surface area is 246 Å². The van der Waals surface area contributed by atoms with Gasteiger partial charge in [0.25, 0.3) is 0 Å². The first-order chi connectivity index (χ1) is 20.4. The number of amides is 2. The lowest BCUT2D eigenvalue weighted by molar-refractivity contribution is -0.143. The summed E-state index contributed by atoms with van der Waals surface area (Å²) in [6, 6.07) is 25.3. The van der Waals surface area contributed by atoms with E-state index in [0.717, 1.165) is 12.0 Å². The molecule has 0 spiro atoms. The highest BCUT2D eigenvalue weighted by Gasteiger charge is 2.50. The standard InChI is InChI=1S/C34H37N3O5/c1-37(18-21-9-3-2-4-10-21)19-31(33(39)40)35-32(38)23-15-22-17-30(28(22)16-23)36-34(41)42-20-29-26-13-7-5-11-24(26)25-12-6-8-14-27(25)29/h2-14,22-23,28-31H,15-20H2,1H3,(H,35,38)(H,36,41)(H,39,40)/t22-,23?,28-,30+,31?/m0/s1. The van der Waals surface area contributed by atoms with E-state index in [1.807, 2.05) is 66.5 Å². The van der Waals surface area contributed by atoms with Crippen LogP contribution < -0.4 is 10.6 Å². The Morgan fingerprint density at radius 3 is 2.21 bits per heavy atom. The molecule has 3 N–H and O–H groups in total. The molecule has 0 radical (unpaired) electrons. The van der Waals surface area contributed by atoms with Gasteiger partial charge in [-0.2, -0.15) is 0 Å². The predicted octanol–water partition coefficient (Wildman–Crippen LogP) is 4.64. The normalized spacial score (nSPS) is 22.8. The zero-order valence-corrected chi connectivity index (χ0v) is 23.7. The predicted molar refractivity (Wildman–Crippen MR) is 159 cm³/mol. The molecule has 42 heavy (non-hydrogen) atoms. The smallest absolute Gasteiger partial charge is 0.407 e. The molecule has 3 aliphatic rings. The molecule has 0 aromatic heterocycles. The van der Waals surface area contributed by atoms with Gasteiger partial charge in [0.15, 0.2) is 0 Å². The molecule has 2 fully saturated rings. The van der Waals surface area contributed by atoms with Gasteiger partial charge in [-0.3, -0.25) is 9.69 Å². The van der Waals surface area contributed by atoms with Crippen LogP contribution in [-0.4, -0.2) is 60.3 Å². The van der Waals surface area contributed by atoms with E-state index in [2.05, 4.69) is 34.9 Å². The van der Waals surface area contributed by atoms with Crippen molar-refractivity contribution >= 4 is 18.0 Å². The van der Waals surface area contributed by atoms with Crippen molar-refractivity contribution in [3.05, 3.63) is 95.6 Å². The molecule has 3 aliphatic carbocycles. The van der Waals surface area contributed by atoms with E-state index in [9.17, 15) is 19.5 Å². The molecule has 0 saturated heterocycles. The van der Waals surface area contributed by atoms with Crippen molar-refractivity contribution in [1.82, 2.24) is 15.5 Å². The van der Waals surface area contributed by atoms with Crippen LogP contribution in [0.4, 0.5) is 4.79 Å². The Morgan fingerprint density at radius 2 is 1.55 bits per heavy atom. The fourth-order valence-electron chi connectivity index (χ4n) is 7.14. The molecular formula is C34H37N3O5. The number of fused-ring (bicyclic) bond motifs is 4. The summed E-state index contributed by atoms with van der Waals surface area (Å²) < 4.78 is 5.73. The molecule has 5 atom stereocenters. The van der Waals surface area contributed by atoms with Gasteiger partial charge in [0.05, 0.1) is 0 Å². The summed E-state index contributed by atoms with van der Waals surface area (Å²) >= 11 is 0. The fourth-order valence-corrected chi connectivity index (χ4v) is 7.14. The van der Waals surface area contributed by atoms with Gasteiger partial charge in [0, 0.05) is 31.0 Å². The van der Waals surface area contributed by atoms with Gasteiger partial charge in [0.1, 0.15) is 12.6 Å². The summed E-state index contributed by atoms with van der Waals surface area (Å²) in [7, 11) is 1.85. The van der Waals surface area contributed by atoms with Crippen molar-refractivity contribution in [2.45, 2.75) is 43.8 Å². The minimum Gasteiger partial charge on any atom is -0.480 e. The van der Waals surface area contributed by atoms with Crippen LogP contribution in [0.3, 0.4) is 0 Å². The summed E-state index contributed by atoms with van der Waals surface area (Å²) in [4.78, 5) is 39.7. The van der Waals surface area contributed by atoms with Crippen LogP contribution in [0.15, 0.2) is 78.9 Å². The second-order valence-electron chi connectivity index (χ2n) is 12.0. The van der Waals surface area contributed by atoms with E-state index in [1.54, 1.807) is 0 Å². The number of rotatable bonds is 10. The lowest BCUT2D eigenvalue weighted by atomic mass is 9.71. The van der Waals surface area contributed by atoms with Gasteiger partial charge in [-0.1, -0.05) is 78.9 Å². The Bertz CT molecular complexity index is 1410. The second-order valence-corrected chi connectivity index (χ2v) is 12.0. The van der Waals surface area contributed by atoms with Gasteiger partial charge in [-0.25, -0.2) is 9.59 Å². The van der Waals surface area contributed by atoms with Gasteiger partial charge < -0.3 is 20.5 Å². The van der Waals surface area contributed by atoms with Crippen LogP contribution in [0, 0.1) is 17.8 Å². The summed E-state index contributed by atoms with van der Waals surface area (Å²) in [5, 5.41) is 15.6. The largest absolute Gasteiger partial charge is 0.480 e. The van der Waals surface area contributed by atoms with E-state index < -0.39 is 18.1 Å². The maximum absolute atomic E-state index is 13.1. The van der Waals surface area contributed by atoms with Crippen molar-refractivity contribution in [3.8, 4) is 11.1 Å². The molecule has 8 heteroatoms. The van der Waals surface area contributed by atoms with Crippen LogP contribution in [0.25, 0.3) is 11.1 Å². The minimum absolute atomic E-state index is 0.00534.